The van der Waals surface area contributed by atoms with Gasteiger partial charge in [-0.2, -0.15) is 0 Å². The van der Waals surface area contributed by atoms with Crippen molar-refractivity contribution in [1.82, 2.24) is 9.88 Å². The lowest BCUT2D eigenvalue weighted by Crippen LogP contribution is -2.42. The summed E-state index contributed by atoms with van der Waals surface area (Å²) in [6, 6.07) is 11.0. The van der Waals surface area contributed by atoms with Crippen LogP contribution in [0.4, 0.5) is 0 Å². The van der Waals surface area contributed by atoms with Crippen LogP contribution in [0.3, 0.4) is 0 Å². The molecule has 0 amide bonds. The molecule has 0 bridgehead atoms. The largest absolute Gasteiger partial charge is 0.367 e. The zero-order valence-corrected chi connectivity index (χ0v) is 14.1. The third kappa shape index (κ3) is 2.14. The van der Waals surface area contributed by atoms with Crippen LogP contribution < -0.4 is 0 Å². The first-order valence-electron chi connectivity index (χ1n) is 7.92. The Hall–Kier alpha value is -2.09. The highest BCUT2D eigenvalue weighted by Gasteiger charge is 2.37. The predicted molar refractivity (Wildman–Crippen MR) is 92.8 cm³/mol. The topological polar surface area (TPSA) is 16.1 Å². The molecule has 0 aliphatic carbocycles. The maximum absolute atomic E-state index is 4.71. The van der Waals surface area contributed by atoms with Gasteiger partial charge in [-0.3, -0.25) is 4.98 Å². The highest BCUT2D eigenvalue weighted by atomic mass is 15.2. The van der Waals surface area contributed by atoms with Gasteiger partial charge in [0.25, 0.3) is 0 Å². The van der Waals surface area contributed by atoms with Crippen molar-refractivity contribution in [2.45, 2.75) is 39.2 Å². The molecule has 0 fully saturated rings. The maximum Gasteiger partial charge on any atom is 0.0892 e. The van der Waals surface area contributed by atoms with Crippen LogP contribution in [0.2, 0.25) is 0 Å². The monoisotopic (exact) mass is 292 g/mol. The zero-order chi connectivity index (χ0) is 15.9. The molecule has 2 aromatic rings. The molecule has 0 saturated carbocycles. The van der Waals surface area contributed by atoms with Gasteiger partial charge in [0.1, 0.15) is 0 Å². The molecule has 0 N–H and O–H groups in total. The fourth-order valence-electron chi connectivity index (χ4n) is 3.31. The molecule has 1 aromatic carbocycles. The van der Waals surface area contributed by atoms with Crippen LogP contribution >= 0.6 is 0 Å². The number of nitrogens with zero attached hydrogens (tertiary/aromatic N) is 2. The molecule has 0 spiro atoms. The lowest BCUT2D eigenvalue weighted by molar-refractivity contribution is 0.249. The Morgan fingerprint density at radius 3 is 2.55 bits per heavy atom. The number of benzene rings is 1. The van der Waals surface area contributed by atoms with Crippen LogP contribution in [0.1, 0.15) is 54.6 Å². The van der Waals surface area contributed by atoms with E-state index in [0.717, 1.165) is 5.69 Å². The van der Waals surface area contributed by atoms with Crippen molar-refractivity contribution in [3.05, 3.63) is 70.7 Å². The van der Waals surface area contributed by atoms with Crippen LogP contribution in [-0.2, 0) is 5.54 Å². The Morgan fingerprint density at radius 2 is 1.86 bits per heavy atom. The molecule has 0 radical (unpaired) electrons. The van der Waals surface area contributed by atoms with E-state index >= 15 is 0 Å². The molecule has 22 heavy (non-hydrogen) atoms. The minimum absolute atomic E-state index is 0.187. The summed E-state index contributed by atoms with van der Waals surface area (Å²) >= 11 is 0. The van der Waals surface area contributed by atoms with Gasteiger partial charge in [-0.05, 0) is 48.6 Å². The Morgan fingerprint density at radius 1 is 1.14 bits per heavy atom. The van der Waals surface area contributed by atoms with Crippen molar-refractivity contribution in [3.63, 3.8) is 0 Å². The van der Waals surface area contributed by atoms with Gasteiger partial charge in [0.2, 0.25) is 0 Å². The number of rotatable bonds is 2. The van der Waals surface area contributed by atoms with Crippen molar-refractivity contribution in [2.75, 3.05) is 7.05 Å². The minimum Gasteiger partial charge on any atom is -0.367 e. The normalized spacial score (nSPS) is 20.4. The predicted octanol–water partition coefficient (Wildman–Crippen LogP) is 4.69. The molecule has 1 unspecified atom stereocenters. The van der Waals surface area contributed by atoms with Gasteiger partial charge in [-0.25, -0.2) is 0 Å². The standard InChI is InChI=1S/C20H24N2/c1-14(2)16-12-18-19(21-13-16)10-11-22(5)20(18,4)17-9-7-6-8-15(17)3/h6-14H,1-5H3. The lowest BCUT2D eigenvalue weighted by Gasteiger charge is -2.43. The van der Waals surface area contributed by atoms with E-state index in [4.69, 9.17) is 4.98 Å². The second kappa shape index (κ2) is 5.28. The molecule has 2 heteroatoms. The molecule has 3 rings (SSSR count). The second-order valence-corrected chi connectivity index (χ2v) is 6.67. The Labute approximate surface area is 133 Å². The molecular weight excluding hydrogens is 268 g/mol. The summed E-state index contributed by atoms with van der Waals surface area (Å²) in [6.45, 7) is 8.92. The van der Waals surface area contributed by atoms with Crippen molar-refractivity contribution in [3.8, 4) is 0 Å². The highest BCUT2D eigenvalue weighted by Crippen LogP contribution is 2.41. The summed E-state index contributed by atoms with van der Waals surface area (Å²) in [5, 5.41) is 0. The molecule has 1 aliphatic rings. The van der Waals surface area contributed by atoms with E-state index in [1.165, 1.54) is 22.3 Å². The molecule has 1 aliphatic heterocycles. The van der Waals surface area contributed by atoms with E-state index in [9.17, 15) is 0 Å². The van der Waals surface area contributed by atoms with E-state index in [1.807, 2.05) is 6.20 Å². The molecule has 1 aromatic heterocycles. The van der Waals surface area contributed by atoms with Gasteiger partial charge in [0, 0.05) is 25.0 Å². The van der Waals surface area contributed by atoms with Crippen molar-refractivity contribution >= 4 is 6.08 Å². The summed E-state index contributed by atoms with van der Waals surface area (Å²) in [4.78, 5) is 7.01. The van der Waals surface area contributed by atoms with E-state index in [0.29, 0.717) is 5.92 Å². The number of aryl methyl sites for hydroxylation is 1. The minimum atomic E-state index is -0.187. The third-order valence-electron chi connectivity index (χ3n) is 4.96. The summed E-state index contributed by atoms with van der Waals surface area (Å²) in [7, 11) is 2.15. The first-order valence-corrected chi connectivity index (χ1v) is 7.92. The Balaban J connectivity index is 2.27. The number of hydrogen-bond donors (Lipinski definition) is 0. The van der Waals surface area contributed by atoms with Crippen molar-refractivity contribution in [1.29, 1.82) is 0 Å². The van der Waals surface area contributed by atoms with Crippen LogP contribution in [0.5, 0.6) is 0 Å². The van der Waals surface area contributed by atoms with Gasteiger partial charge in [0.15, 0.2) is 0 Å². The highest BCUT2D eigenvalue weighted by molar-refractivity contribution is 5.59. The number of hydrogen-bond acceptors (Lipinski definition) is 2. The quantitative estimate of drug-likeness (QED) is 0.798. The van der Waals surface area contributed by atoms with Gasteiger partial charge in [0.05, 0.1) is 11.2 Å². The number of aromatic nitrogens is 1. The van der Waals surface area contributed by atoms with E-state index in [-0.39, 0.29) is 5.54 Å². The number of pyridine rings is 1. The van der Waals surface area contributed by atoms with Crippen LogP contribution in [0.25, 0.3) is 6.08 Å². The Kier molecular flexibility index (Phi) is 3.56. The van der Waals surface area contributed by atoms with Crippen molar-refractivity contribution in [2.24, 2.45) is 0 Å². The smallest absolute Gasteiger partial charge is 0.0892 e. The molecular formula is C20H24N2. The molecule has 0 saturated heterocycles. The Bertz CT molecular complexity index is 730. The molecule has 1 atom stereocenters. The SMILES string of the molecule is Cc1ccccc1C1(C)c2cc(C(C)C)cnc2C=CN1C. The van der Waals surface area contributed by atoms with E-state index < -0.39 is 0 Å². The maximum atomic E-state index is 4.71. The summed E-state index contributed by atoms with van der Waals surface area (Å²) < 4.78 is 0. The van der Waals surface area contributed by atoms with E-state index in [1.54, 1.807) is 0 Å². The van der Waals surface area contributed by atoms with Gasteiger partial charge < -0.3 is 4.90 Å². The molecule has 114 valence electrons. The number of fused-ring (bicyclic) bond motifs is 1. The average Bonchev–Trinajstić information content (AvgIpc) is 2.51. The average molecular weight is 292 g/mol. The van der Waals surface area contributed by atoms with Gasteiger partial charge in [-0.15, -0.1) is 0 Å². The first kappa shape index (κ1) is 14.8. The third-order valence-corrected chi connectivity index (χ3v) is 4.96. The fraction of sp³-hybridized carbons (Fsp3) is 0.350. The van der Waals surface area contributed by atoms with Crippen molar-refractivity contribution < 1.29 is 0 Å². The summed E-state index contributed by atoms with van der Waals surface area (Å²) in [5.41, 5.74) is 6.13. The zero-order valence-electron chi connectivity index (χ0n) is 14.1. The first-order chi connectivity index (χ1) is 10.4. The fourth-order valence-corrected chi connectivity index (χ4v) is 3.31. The summed E-state index contributed by atoms with van der Waals surface area (Å²) in [6.07, 6.45) is 6.26. The lowest BCUT2D eigenvalue weighted by atomic mass is 9.78. The second-order valence-electron chi connectivity index (χ2n) is 6.67. The molecule has 2 nitrogen and oxygen atoms in total. The van der Waals surface area contributed by atoms with Crippen LogP contribution in [0.15, 0.2) is 42.7 Å². The van der Waals surface area contributed by atoms with E-state index in [2.05, 4.69) is 82.3 Å². The van der Waals surface area contributed by atoms with Crippen LogP contribution in [-0.4, -0.2) is 16.9 Å². The summed E-state index contributed by atoms with van der Waals surface area (Å²) in [5.74, 6) is 0.482. The van der Waals surface area contributed by atoms with Gasteiger partial charge >= 0.3 is 0 Å². The van der Waals surface area contributed by atoms with Crippen LogP contribution in [0, 0.1) is 6.92 Å². The molecule has 2 heterocycles. The van der Waals surface area contributed by atoms with Gasteiger partial charge in [-0.1, -0.05) is 38.1 Å².